The number of rotatable bonds is 6. The first-order chi connectivity index (χ1) is 9.72. The Morgan fingerprint density at radius 2 is 1.95 bits per heavy atom. The van der Waals surface area contributed by atoms with Gasteiger partial charge in [-0.05, 0) is 36.1 Å². The molecule has 0 aliphatic heterocycles. The van der Waals surface area contributed by atoms with Crippen LogP contribution in [-0.2, 0) is 12.8 Å². The van der Waals surface area contributed by atoms with E-state index in [2.05, 4.69) is 27.8 Å². The Morgan fingerprint density at radius 3 is 2.55 bits per heavy atom. The van der Waals surface area contributed by atoms with Gasteiger partial charge in [0.2, 0.25) is 5.88 Å². The molecule has 0 aliphatic carbocycles. The van der Waals surface area contributed by atoms with Crippen molar-refractivity contribution in [1.29, 1.82) is 0 Å². The second kappa shape index (κ2) is 7.29. The Bertz CT molecular complexity index is 555. The normalized spacial score (nSPS) is 10.5. The van der Waals surface area contributed by atoms with E-state index in [-0.39, 0.29) is 5.75 Å². The van der Waals surface area contributed by atoms with E-state index in [0.717, 1.165) is 35.7 Å². The van der Waals surface area contributed by atoms with E-state index in [1.54, 1.807) is 18.3 Å². The number of aryl methyl sites for hydroxylation is 2. The number of hydrogen-bond donors (Lipinski definition) is 1. The van der Waals surface area contributed by atoms with Crippen molar-refractivity contribution in [3.8, 4) is 17.4 Å². The first-order valence-corrected chi connectivity index (χ1v) is 7.85. The van der Waals surface area contributed by atoms with Gasteiger partial charge in [0, 0.05) is 17.6 Å². The summed E-state index contributed by atoms with van der Waals surface area (Å²) < 4.78 is 5.60. The smallest absolute Gasteiger partial charge is 0.219 e. The highest BCUT2D eigenvalue weighted by molar-refractivity contribution is 9.09. The van der Waals surface area contributed by atoms with Crippen molar-refractivity contribution < 1.29 is 9.84 Å². The number of halogens is 1. The SMILES string of the molecule is CCCc1ccc(Oc2ccc(CCBr)cn2)c(O)c1. The fourth-order valence-corrected chi connectivity index (χ4v) is 2.39. The van der Waals surface area contributed by atoms with Crippen molar-refractivity contribution in [1.82, 2.24) is 4.98 Å². The summed E-state index contributed by atoms with van der Waals surface area (Å²) in [5.74, 6) is 1.08. The molecule has 0 atom stereocenters. The van der Waals surface area contributed by atoms with E-state index in [4.69, 9.17) is 4.74 Å². The molecule has 0 radical (unpaired) electrons. The van der Waals surface area contributed by atoms with Crippen molar-refractivity contribution in [3.63, 3.8) is 0 Å². The van der Waals surface area contributed by atoms with Gasteiger partial charge >= 0.3 is 0 Å². The molecule has 1 aromatic carbocycles. The predicted octanol–water partition coefficient (Wildman–Crippen LogP) is 4.47. The molecule has 3 nitrogen and oxygen atoms in total. The first kappa shape index (κ1) is 14.9. The number of aromatic nitrogens is 1. The van der Waals surface area contributed by atoms with E-state index < -0.39 is 0 Å². The van der Waals surface area contributed by atoms with Crippen LogP contribution in [0.2, 0.25) is 0 Å². The highest BCUT2D eigenvalue weighted by Crippen LogP contribution is 2.30. The van der Waals surface area contributed by atoms with E-state index in [1.807, 2.05) is 18.2 Å². The van der Waals surface area contributed by atoms with Crippen LogP contribution in [0.1, 0.15) is 24.5 Å². The van der Waals surface area contributed by atoms with E-state index in [9.17, 15) is 5.11 Å². The highest BCUT2D eigenvalue weighted by atomic mass is 79.9. The van der Waals surface area contributed by atoms with Crippen molar-refractivity contribution >= 4 is 15.9 Å². The Morgan fingerprint density at radius 1 is 1.15 bits per heavy atom. The maximum atomic E-state index is 9.96. The summed E-state index contributed by atoms with van der Waals surface area (Å²) in [7, 11) is 0. The van der Waals surface area contributed by atoms with Crippen LogP contribution in [0.5, 0.6) is 17.4 Å². The Balaban J connectivity index is 2.09. The number of ether oxygens (including phenoxy) is 1. The molecule has 106 valence electrons. The predicted molar refractivity (Wildman–Crippen MR) is 83.9 cm³/mol. The summed E-state index contributed by atoms with van der Waals surface area (Å²) in [6.45, 7) is 2.11. The van der Waals surface area contributed by atoms with Gasteiger partial charge in [-0.2, -0.15) is 0 Å². The summed E-state index contributed by atoms with van der Waals surface area (Å²) in [5, 5.41) is 10.9. The zero-order chi connectivity index (χ0) is 14.4. The number of benzene rings is 1. The van der Waals surface area contributed by atoms with Crippen LogP contribution in [0.4, 0.5) is 0 Å². The number of aromatic hydroxyl groups is 1. The molecular weight excluding hydrogens is 318 g/mol. The molecule has 2 rings (SSSR count). The number of pyridine rings is 1. The second-order valence-electron chi connectivity index (χ2n) is 4.60. The number of phenols is 1. The number of hydrogen-bond acceptors (Lipinski definition) is 3. The molecular formula is C16H18BrNO2. The van der Waals surface area contributed by atoms with Gasteiger partial charge < -0.3 is 9.84 Å². The molecule has 0 saturated heterocycles. The molecule has 4 heteroatoms. The second-order valence-corrected chi connectivity index (χ2v) is 5.39. The van der Waals surface area contributed by atoms with Crippen molar-refractivity contribution in [2.24, 2.45) is 0 Å². The minimum atomic E-state index is 0.155. The lowest BCUT2D eigenvalue weighted by atomic mass is 10.1. The maximum Gasteiger partial charge on any atom is 0.219 e. The van der Waals surface area contributed by atoms with E-state index >= 15 is 0 Å². The van der Waals surface area contributed by atoms with Gasteiger partial charge in [0.25, 0.3) is 0 Å². The third kappa shape index (κ3) is 3.97. The summed E-state index contributed by atoms with van der Waals surface area (Å²) in [6.07, 6.45) is 4.73. The molecule has 0 amide bonds. The van der Waals surface area contributed by atoms with Crippen molar-refractivity contribution in [2.45, 2.75) is 26.2 Å². The van der Waals surface area contributed by atoms with Gasteiger partial charge in [-0.3, -0.25) is 0 Å². The van der Waals surface area contributed by atoms with Crippen LogP contribution in [0.25, 0.3) is 0 Å². The van der Waals surface area contributed by atoms with E-state index in [0.29, 0.717) is 11.6 Å². The molecule has 1 N–H and O–H groups in total. The molecule has 0 saturated carbocycles. The third-order valence-corrected chi connectivity index (χ3v) is 3.35. The van der Waals surface area contributed by atoms with Crippen LogP contribution < -0.4 is 4.74 Å². The maximum absolute atomic E-state index is 9.96. The average molecular weight is 336 g/mol. The van der Waals surface area contributed by atoms with E-state index in [1.165, 1.54) is 0 Å². The fraction of sp³-hybridized carbons (Fsp3) is 0.312. The largest absolute Gasteiger partial charge is 0.504 e. The minimum absolute atomic E-state index is 0.155. The van der Waals surface area contributed by atoms with Gasteiger partial charge in [0.1, 0.15) is 0 Å². The molecule has 20 heavy (non-hydrogen) atoms. The van der Waals surface area contributed by atoms with Gasteiger partial charge in [0.05, 0.1) is 0 Å². The topological polar surface area (TPSA) is 42.4 Å². The lowest BCUT2D eigenvalue weighted by Gasteiger charge is -2.08. The van der Waals surface area contributed by atoms with Crippen LogP contribution in [0.3, 0.4) is 0 Å². The van der Waals surface area contributed by atoms with Crippen LogP contribution in [0, 0.1) is 0 Å². The monoisotopic (exact) mass is 335 g/mol. The Labute approximate surface area is 127 Å². The van der Waals surface area contributed by atoms with Gasteiger partial charge in [-0.15, -0.1) is 0 Å². The van der Waals surface area contributed by atoms with Gasteiger partial charge in [-0.1, -0.05) is 41.4 Å². The van der Waals surface area contributed by atoms with Gasteiger partial charge in [0.15, 0.2) is 11.5 Å². The fourth-order valence-electron chi connectivity index (χ4n) is 1.93. The number of nitrogens with zero attached hydrogens (tertiary/aromatic N) is 1. The zero-order valence-electron chi connectivity index (χ0n) is 11.5. The molecule has 1 aromatic heterocycles. The van der Waals surface area contributed by atoms with Gasteiger partial charge in [-0.25, -0.2) is 4.98 Å². The van der Waals surface area contributed by atoms with Crippen LogP contribution in [-0.4, -0.2) is 15.4 Å². The lowest BCUT2D eigenvalue weighted by Crippen LogP contribution is -1.92. The third-order valence-electron chi connectivity index (χ3n) is 2.96. The summed E-state index contributed by atoms with van der Waals surface area (Å²) >= 11 is 3.40. The molecule has 0 unspecified atom stereocenters. The molecule has 1 heterocycles. The van der Waals surface area contributed by atoms with Crippen molar-refractivity contribution in [2.75, 3.05) is 5.33 Å². The molecule has 0 fully saturated rings. The Kier molecular flexibility index (Phi) is 5.41. The summed E-state index contributed by atoms with van der Waals surface area (Å²) in [5.41, 5.74) is 2.26. The van der Waals surface area contributed by atoms with Crippen molar-refractivity contribution in [3.05, 3.63) is 47.7 Å². The molecule has 2 aromatic rings. The summed E-state index contributed by atoms with van der Waals surface area (Å²) in [4.78, 5) is 4.24. The zero-order valence-corrected chi connectivity index (χ0v) is 13.1. The average Bonchev–Trinajstić information content (AvgIpc) is 2.44. The quantitative estimate of drug-likeness (QED) is 0.792. The first-order valence-electron chi connectivity index (χ1n) is 6.73. The number of alkyl halides is 1. The molecule has 0 spiro atoms. The molecule has 0 aliphatic rings. The molecule has 0 bridgehead atoms. The standard InChI is InChI=1S/C16H18BrNO2/c1-2-3-12-4-6-15(14(19)10-12)20-16-7-5-13(8-9-17)11-18-16/h4-7,10-11,19H,2-3,8-9H2,1H3. The van der Waals surface area contributed by atoms with Crippen LogP contribution >= 0.6 is 15.9 Å². The lowest BCUT2D eigenvalue weighted by molar-refractivity contribution is 0.402. The van der Waals surface area contributed by atoms with Crippen LogP contribution in [0.15, 0.2) is 36.5 Å². The summed E-state index contributed by atoms with van der Waals surface area (Å²) in [6, 6.07) is 9.30. The highest BCUT2D eigenvalue weighted by Gasteiger charge is 2.06. The Hall–Kier alpha value is -1.55. The minimum Gasteiger partial charge on any atom is -0.504 e. The number of phenolic OH excluding ortho intramolecular Hbond substituents is 1.